The lowest BCUT2D eigenvalue weighted by Gasteiger charge is -2.40. The van der Waals surface area contributed by atoms with Crippen LogP contribution in [0.4, 0.5) is 4.79 Å². The van der Waals surface area contributed by atoms with Crippen molar-refractivity contribution in [3.05, 3.63) is 35.9 Å². The maximum Gasteiger partial charge on any atom is 0.322 e. The van der Waals surface area contributed by atoms with Crippen LogP contribution in [0.1, 0.15) is 46.1 Å². The predicted octanol–water partition coefficient (Wildman–Crippen LogP) is 2.86. The normalized spacial score (nSPS) is 22.9. The van der Waals surface area contributed by atoms with E-state index in [4.69, 9.17) is 4.99 Å². The SMILES string of the molecule is CCNC(=NCC(C)(C)c1ccccc1)N1CCC(C2(C)NC(=O)NC2=O)CC1.I. The van der Waals surface area contributed by atoms with E-state index in [0.717, 1.165) is 38.4 Å². The number of rotatable bonds is 5. The molecule has 0 radical (unpaired) electrons. The highest BCUT2D eigenvalue weighted by molar-refractivity contribution is 14.0. The molecular formula is C22H34IN5O2. The van der Waals surface area contributed by atoms with Gasteiger partial charge in [0.25, 0.3) is 5.91 Å². The van der Waals surface area contributed by atoms with Gasteiger partial charge in [-0.05, 0) is 38.2 Å². The van der Waals surface area contributed by atoms with E-state index in [0.29, 0.717) is 6.54 Å². The molecule has 0 aromatic heterocycles. The van der Waals surface area contributed by atoms with Gasteiger partial charge < -0.3 is 15.5 Å². The Morgan fingerprint density at radius 1 is 1.23 bits per heavy atom. The van der Waals surface area contributed by atoms with Crippen molar-refractivity contribution in [2.24, 2.45) is 10.9 Å². The van der Waals surface area contributed by atoms with Gasteiger partial charge in [0.05, 0.1) is 6.54 Å². The number of carbonyl (C=O) groups excluding carboxylic acids is 2. The lowest BCUT2D eigenvalue weighted by molar-refractivity contribution is -0.125. The topological polar surface area (TPSA) is 85.8 Å². The van der Waals surface area contributed by atoms with Gasteiger partial charge in [0.2, 0.25) is 0 Å². The molecule has 2 aliphatic heterocycles. The first-order valence-electron chi connectivity index (χ1n) is 10.5. The van der Waals surface area contributed by atoms with Crippen molar-refractivity contribution >= 4 is 41.9 Å². The van der Waals surface area contributed by atoms with Crippen LogP contribution in [0.15, 0.2) is 35.3 Å². The van der Waals surface area contributed by atoms with Crippen LogP contribution in [0, 0.1) is 5.92 Å². The molecule has 1 aromatic carbocycles. The number of aliphatic imine (C=N–C) groups is 1. The zero-order chi connectivity index (χ0) is 21.1. The molecule has 0 aliphatic carbocycles. The molecule has 2 saturated heterocycles. The molecule has 3 amide bonds. The number of imide groups is 1. The quantitative estimate of drug-likeness (QED) is 0.238. The molecule has 1 atom stereocenters. The summed E-state index contributed by atoms with van der Waals surface area (Å²) in [5.41, 5.74) is 0.405. The Kier molecular flexibility index (Phi) is 8.13. The Labute approximate surface area is 196 Å². The summed E-state index contributed by atoms with van der Waals surface area (Å²) < 4.78 is 0. The number of nitrogens with zero attached hydrogens (tertiary/aromatic N) is 2. The number of guanidine groups is 1. The number of carbonyl (C=O) groups is 2. The van der Waals surface area contributed by atoms with Crippen molar-refractivity contribution in [3.63, 3.8) is 0 Å². The first-order valence-corrected chi connectivity index (χ1v) is 10.5. The fourth-order valence-electron chi connectivity index (χ4n) is 4.19. The van der Waals surface area contributed by atoms with Crippen LogP contribution in [-0.2, 0) is 10.2 Å². The number of amides is 3. The second-order valence-corrected chi connectivity index (χ2v) is 8.79. The summed E-state index contributed by atoms with van der Waals surface area (Å²) in [5.74, 6) is 0.819. The molecule has 8 heteroatoms. The van der Waals surface area contributed by atoms with Gasteiger partial charge in [-0.25, -0.2) is 4.79 Å². The molecule has 0 spiro atoms. The van der Waals surface area contributed by atoms with Gasteiger partial charge in [-0.3, -0.25) is 15.1 Å². The highest BCUT2D eigenvalue weighted by atomic mass is 127. The van der Waals surface area contributed by atoms with Gasteiger partial charge in [0.15, 0.2) is 5.96 Å². The van der Waals surface area contributed by atoms with Crippen molar-refractivity contribution < 1.29 is 9.59 Å². The minimum absolute atomic E-state index is 0. The fourth-order valence-corrected chi connectivity index (χ4v) is 4.19. The third kappa shape index (κ3) is 5.25. The molecule has 166 valence electrons. The van der Waals surface area contributed by atoms with E-state index in [2.05, 4.69) is 65.9 Å². The molecule has 2 aliphatic rings. The van der Waals surface area contributed by atoms with Crippen LogP contribution < -0.4 is 16.0 Å². The highest BCUT2D eigenvalue weighted by Gasteiger charge is 2.48. The second-order valence-electron chi connectivity index (χ2n) is 8.79. The smallest absolute Gasteiger partial charge is 0.322 e. The third-order valence-electron chi connectivity index (χ3n) is 6.20. The van der Waals surface area contributed by atoms with Crippen LogP contribution in [0.25, 0.3) is 0 Å². The summed E-state index contributed by atoms with van der Waals surface area (Å²) in [6.07, 6.45) is 1.66. The summed E-state index contributed by atoms with van der Waals surface area (Å²) in [6.45, 7) is 11.4. The molecule has 1 aromatic rings. The van der Waals surface area contributed by atoms with Crippen LogP contribution in [0.5, 0.6) is 0 Å². The maximum atomic E-state index is 12.2. The highest BCUT2D eigenvalue weighted by Crippen LogP contribution is 2.31. The Hall–Kier alpha value is -1.84. The molecule has 3 rings (SSSR count). The standard InChI is InChI=1S/C22H33N5O2.HI/c1-5-23-19(24-15-21(2,3)16-9-7-6-8-10-16)27-13-11-17(12-14-27)22(4)18(28)25-20(29)26-22;/h6-10,17H,5,11-15H2,1-4H3,(H,23,24)(H2,25,26,28,29);1H. The summed E-state index contributed by atoms with van der Waals surface area (Å²) in [4.78, 5) is 31.0. The van der Waals surface area contributed by atoms with Crippen LogP contribution in [-0.4, -0.2) is 54.5 Å². The van der Waals surface area contributed by atoms with Crippen LogP contribution in [0.2, 0.25) is 0 Å². The van der Waals surface area contributed by atoms with E-state index in [1.54, 1.807) is 0 Å². The monoisotopic (exact) mass is 527 g/mol. The number of nitrogens with one attached hydrogen (secondary N) is 3. The van der Waals surface area contributed by atoms with Gasteiger partial charge in [-0.15, -0.1) is 24.0 Å². The Balaban J connectivity index is 0.00000320. The van der Waals surface area contributed by atoms with Gasteiger partial charge in [-0.1, -0.05) is 44.2 Å². The number of benzene rings is 1. The first kappa shape index (κ1) is 24.4. The molecule has 3 N–H and O–H groups in total. The third-order valence-corrected chi connectivity index (χ3v) is 6.20. The molecule has 1 unspecified atom stereocenters. The average molecular weight is 527 g/mol. The lowest BCUT2D eigenvalue weighted by Crippen LogP contribution is -2.55. The van der Waals surface area contributed by atoms with Crippen molar-refractivity contribution in [1.82, 2.24) is 20.9 Å². The number of halogens is 1. The van der Waals surface area contributed by atoms with Gasteiger partial charge >= 0.3 is 6.03 Å². The number of piperidine rings is 1. The number of urea groups is 1. The summed E-state index contributed by atoms with van der Waals surface area (Å²) >= 11 is 0. The average Bonchev–Trinajstić information content (AvgIpc) is 2.98. The number of likely N-dealkylation sites (tertiary alicyclic amines) is 1. The minimum atomic E-state index is -0.812. The molecule has 2 fully saturated rings. The van der Waals surface area contributed by atoms with E-state index < -0.39 is 11.6 Å². The van der Waals surface area contributed by atoms with Gasteiger partial charge in [0, 0.05) is 25.0 Å². The fraction of sp³-hybridized carbons (Fsp3) is 0.591. The maximum absolute atomic E-state index is 12.2. The lowest BCUT2D eigenvalue weighted by atomic mass is 9.79. The van der Waals surface area contributed by atoms with Crippen molar-refractivity contribution in [2.75, 3.05) is 26.2 Å². The Bertz CT molecular complexity index is 775. The molecule has 0 bridgehead atoms. The second kappa shape index (κ2) is 9.98. The van der Waals surface area contributed by atoms with Crippen molar-refractivity contribution in [2.45, 2.75) is 51.5 Å². The van der Waals surface area contributed by atoms with E-state index in [-0.39, 0.29) is 41.2 Å². The predicted molar refractivity (Wildman–Crippen MR) is 130 cm³/mol. The van der Waals surface area contributed by atoms with Crippen LogP contribution >= 0.6 is 24.0 Å². The van der Waals surface area contributed by atoms with Crippen molar-refractivity contribution in [3.8, 4) is 0 Å². The first-order chi connectivity index (χ1) is 13.8. The molecular weight excluding hydrogens is 493 g/mol. The zero-order valence-corrected chi connectivity index (χ0v) is 20.7. The number of hydrogen-bond donors (Lipinski definition) is 3. The zero-order valence-electron chi connectivity index (χ0n) is 18.3. The van der Waals surface area contributed by atoms with Gasteiger partial charge in [-0.2, -0.15) is 0 Å². The Morgan fingerprint density at radius 3 is 2.40 bits per heavy atom. The van der Waals surface area contributed by atoms with E-state index in [1.165, 1.54) is 5.56 Å². The molecule has 2 heterocycles. The number of hydrogen-bond acceptors (Lipinski definition) is 3. The van der Waals surface area contributed by atoms with E-state index in [9.17, 15) is 9.59 Å². The van der Waals surface area contributed by atoms with Crippen molar-refractivity contribution in [1.29, 1.82) is 0 Å². The summed E-state index contributed by atoms with van der Waals surface area (Å²) in [5, 5.41) is 8.60. The Morgan fingerprint density at radius 2 is 1.87 bits per heavy atom. The summed E-state index contributed by atoms with van der Waals surface area (Å²) in [7, 11) is 0. The molecule has 7 nitrogen and oxygen atoms in total. The minimum Gasteiger partial charge on any atom is -0.357 e. The largest absolute Gasteiger partial charge is 0.357 e. The van der Waals surface area contributed by atoms with E-state index in [1.807, 2.05) is 13.0 Å². The van der Waals surface area contributed by atoms with E-state index >= 15 is 0 Å². The van der Waals surface area contributed by atoms with Crippen LogP contribution in [0.3, 0.4) is 0 Å². The summed E-state index contributed by atoms with van der Waals surface area (Å²) in [6, 6.07) is 10.1. The molecule has 0 saturated carbocycles. The molecule has 30 heavy (non-hydrogen) atoms. The van der Waals surface area contributed by atoms with Gasteiger partial charge in [0.1, 0.15) is 5.54 Å².